The quantitative estimate of drug-likeness (QED) is 0.0850. The number of nitrogens with zero attached hydrogens (tertiary/aromatic N) is 4. The number of aromatic amines is 1. The van der Waals surface area contributed by atoms with E-state index >= 15 is 0 Å². The second kappa shape index (κ2) is 19.1. The minimum absolute atomic E-state index is 0.0107. The molecule has 18 heteroatoms. The third-order valence-electron chi connectivity index (χ3n) is 14.9. The van der Waals surface area contributed by atoms with E-state index in [0.717, 1.165) is 78.4 Å². The molecule has 2 bridgehead atoms. The van der Waals surface area contributed by atoms with Crippen molar-refractivity contribution in [2.45, 2.75) is 146 Å². The highest BCUT2D eigenvalue weighted by Gasteiger charge is 2.63. The van der Waals surface area contributed by atoms with E-state index in [2.05, 4.69) is 64.0 Å². The number of imidazole rings is 1. The van der Waals surface area contributed by atoms with Crippen molar-refractivity contribution < 1.29 is 41.8 Å². The van der Waals surface area contributed by atoms with Crippen LogP contribution < -0.4 is 24.8 Å². The van der Waals surface area contributed by atoms with Crippen LogP contribution in [0.5, 0.6) is 11.6 Å². The van der Waals surface area contributed by atoms with Gasteiger partial charge in [0.25, 0.3) is 5.91 Å². The third-order valence-corrected chi connectivity index (χ3v) is 17.1. The number of aromatic nitrogens is 3. The molecule has 376 valence electrons. The molecule has 3 saturated carbocycles. The van der Waals surface area contributed by atoms with Crippen molar-refractivity contribution in [1.82, 2.24) is 40.1 Å². The summed E-state index contributed by atoms with van der Waals surface area (Å²) in [5.74, 6) is -0.425. The Labute approximate surface area is 410 Å². The van der Waals surface area contributed by atoms with E-state index < -0.39 is 73.6 Å². The number of hydrogen-bond donors (Lipinski definition) is 4. The minimum atomic E-state index is -4.03. The average molecular weight is 981 g/mol. The molecular formula is C52H68N8O9S. The van der Waals surface area contributed by atoms with E-state index in [-0.39, 0.29) is 31.4 Å². The summed E-state index contributed by atoms with van der Waals surface area (Å²) in [6.45, 7) is 14.7. The lowest BCUT2D eigenvalue weighted by Gasteiger charge is -2.35. The minimum Gasteiger partial charge on any atom is -0.492 e. The van der Waals surface area contributed by atoms with Gasteiger partial charge in [0.15, 0.2) is 0 Å². The predicted molar refractivity (Wildman–Crippen MR) is 264 cm³/mol. The number of aryl methyl sites for hydroxylation is 1. The number of sulfonamides is 1. The number of pyridine rings is 1. The lowest BCUT2D eigenvalue weighted by molar-refractivity contribution is -0.142. The Morgan fingerprint density at radius 2 is 1.84 bits per heavy atom. The van der Waals surface area contributed by atoms with Crippen LogP contribution in [-0.4, -0.2) is 118 Å². The standard InChI is InChI=1S/C52H68N8O9S/c1-8-33-28-52(33,48(63)58-70(65,66)51(6)21-22-51)57-45(61)40-27-34-29-60(40)47(62)44(50(3,4)5)56-49(64)69-41-26-32(41)15-10-9-11-17-36-43(35-16-12-13-18-37(35)55-46(36)68-34)67-24-14-23-59(7)30-42-53-38-20-19-31(2)25-39(38)54-42/h8,12-13,16,18-20,25,32-34,40-41,44H,1,9-11,14-15,17,21-24,26-30H2,2-7H3,(H,53,54)(H,56,64)(H,57,61)(H,58,63)/t32-,33-,34-,40+,41-,44-,52-/m1/s1. The first-order chi connectivity index (χ1) is 33.3. The molecule has 70 heavy (non-hydrogen) atoms. The van der Waals surface area contributed by atoms with Crippen LogP contribution in [0.1, 0.15) is 109 Å². The zero-order valence-electron chi connectivity index (χ0n) is 41.3. The van der Waals surface area contributed by atoms with E-state index in [0.29, 0.717) is 49.6 Å². The van der Waals surface area contributed by atoms with Gasteiger partial charge in [0.1, 0.15) is 41.4 Å². The van der Waals surface area contributed by atoms with Crippen LogP contribution in [0, 0.1) is 24.2 Å². The molecule has 4 heterocycles. The summed E-state index contributed by atoms with van der Waals surface area (Å²) in [7, 11) is -1.97. The van der Waals surface area contributed by atoms with Crippen LogP contribution in [0.25, 0.3) is 21.9 Å². The number of benzene rings is 2. The van der Waals surface area contributed by atoms with Crippen molar-refractivity contribution in [2.24, 2.45) is 17.3 Å². The summed E-state index contributed by atoms with van der Waals surface area (Å²) >= 11 is 0. The number of para-hydroxylation sites is 1. The molecule has 0 unspecified atom stereocenters. The summed E-state index contributed by atoms with van der Waals surface area (Å²) in [5, 5.41) is 6.57. The van der Waals surface area contributed by atoms with Crippen LogP contribution in [0.4, 0.5) is 4.79 Å². The summed E-state index contributed by atoms with van der Waals surface area (Å²) < 4.78 is 47.2. The number of carbonyl (C=O) groups is 4. The van der Waals surface area contributed by atoms with Gasteiger partial charge in [-0.3, -0.25) is 24.0 Å². The summed E-state index contributed by atoms with van der Waals surface area (Å²) in [4.78, 5) is 74.0. The lowest BCUT2D eigenvalue weighted by atomic mass is 9.85. The fourth-order valence-corrected chi connectivity index (χ4v) is 11.4. The fourth-order valence-electron chi connectivity index (χ4n) is 10.1. The molecule has 5 aliphatic rings. The first-order valence-electron chi connectivity index (χ1n) is 24.9. The van der Waals surface area contributed by atoms with Crippen molar-refractivity contribution in [3.05, 3.63) is 72.1 Å². The van der Waals surface area contributed by atoms with Gasteiger partial charge in [-0.15, -0.1) is 6.58 Å². The number of fused-ring (bicyclic) bond motifs is 6. The molecule has 17 nitrogen and oxygen atoms in total. The second-order valence-corrected chi connectivity index (χ2v) is 23.9. The van der Waals surface area contributed by atoms with E-state index in [9.17, 15) is 27.6 Å². The molecule has 2 aliphatic heterocycles. The van der Waals surface area contributed by atoms with Gasteiger partial charge in [-0.05, 0) is 113 Å². The Hall–Kier alpha value is -5.75. The topological polar surface area (TPSA) is 214 Å². The number of ether oxygens (including phenoxy) is 3. The van der Waals surface area contributed by atoms with Gasteiger partial charge in [-0.1, -0.05) is 57.9 Å². The molecular weight excluding hydrogens is 913 g/mol. The Kier molecular flexibility index (Phi) is 13.4. The lowest BCUT2D eigenvalue weighted by Crippen LogP contribution is -2.60. The zero-order chi connectivity index (χ0) is 49.8. The van der Waals surface area contributed by atoms with Gasteiger partial charge in [0.05, 0.1) is 46.6 Å². The third kappa shape index (κ3) is 10.3. The van der Waals surface area contributed by atoms with Crippen LogP contribution in [0.15, 0.2) is 55.1 Å². The molecule has 4 fully saturated rings. The highest BCUT2D eigenvalue weighted by molar-refractivity contribution is 7.91. The molecule has 7 atom stereocenters. The van der Waals surface area contributed by atoms with Gasteiger partial charge in [-0.25, -0.2) is 23.2 Å². The van der Waals surface area contributed by atoms with Crippen LogP contribution in [0.3, 0.4) is 0 Å². The van der Waals surface area contributed by atoms with E-state index in [1.807, 2.05) is 45.0 Å². The Balaban J connectivity index is 0.997. The molecule has 2 aromatic heterocycles. The number of carbonyl (C=O) groups excluding carboxylic acids is 4. The van der Waals surface area contributed by atoms with Crippen molar-refractivity contribution in [2.75, 3.05) is 26.7 Å². The number of nitrogens with one attached hydrogen (secondary N) is 4. The van der Waals surface area contributed by atoms with Crippen LogP contribution >= 0.6 is 0 Å². The van der Waals surface area contributed by atoms with E-state index in [4.69, 9.17) is 24.2 Å². The fraction of sp³-hybridized carbons (Fsp3) is 0.577. The maximum Gasteiger partial charge on any atom is 0.408 e. The van der Waals surface area contributed by atoms with E-state index in [1.54, 1.807) is 6.92 Å². The molecule has 4 amide bonds. The smallest absolute Gasteiger partial charge is 0.408 e. The van der Waals surface area contributed by atoms with Crippen molar-refractivity contribution >= 4 is 55.8 Å². The number of H-pyrrole nitrogens is 1. The predicted octanol–water partition coefficient (Wildman–Crippen LogP) is 6.37. The number of alkyl carbamates (subject to hydrolysis) is 1. The first-order valence-corrected chi connectivity index (χ1v) is 26.4. The van der Waals surface area contributed by atoms with Crippen molar-refractivity contribution in [3.63, 3.8) is 0 Å². The molecule has 4 aromatic rings. The molecule has 0 spiro atoms. The molecule has 3 aliphatic carbocycles. The van der Waals surface area contributed by atoms with Gasteiger partial charge >= 0.3 is 6.09 Å². The Morgan fingerprint density at radius 1 is 1.06 bits per heavy atom. The summed E-state index contributed by atoms with van der Waals surface area (Å²) in [6.07, 6.45) is 6.41. The normalized spacial score (nSPS) is 26.7. The van der Waals surface area contributed by atoms with Crippen molar-refractivity contribution in [3.8, 4) is 11.6 Å². The Morgan fingerprint density at radius 3 is 2.59 bits per heavy atom. The summed E-state index contributed by atoms with van der Waals surface area (Å²) in [5.41, 5.74) is 2.18. The SMILES string of the molecule is C=C[C@@H]1C[C@]1(NC(=O)[C@@H]1C[C@@H]2CN1C(=O)[C@H](C(C)(C)C)NC(=O)O[C@@H]1C[C@H]1CCCCCc1c(nc3ccccc3c1OCCCN(C)Cc1nc3cc(C)ccc3[nH]1)O2)C(=O)NS(=O)(=O)C1(C)CC1. The highest BCUT2D eigenvalue weighted by Crippen LogP contribution is 2.47. The number of rotatable bonds is 13. The van der Waals surface area contributed by atoms with Crippen LogP contribution in [-0.2, 0) is 42.1 Å². The number of amides is 4. The maximum absolute atomic E-state index is 15.0. The molecule has 9 rings (SSSR count). The largest absolute Gasteiger partial charge is 0.492 e. The average Bonchev–Trinajstić information content (AvgIpc) is 4.26. The molecule has 0 radical (unpaired) electrons. The van der Waals surface area contributed by atoms with E-state index in [1.165, 1.54) is 11.0 Å². The summed E-state index contributed by atoms with van der Waals surface area (Å²) in [6, 6.07) is 11.7. The highest BCUT2D eigenvalue weighted by atomic mass is 32.2. The van der Waals surface area contributed by atoms with Gasteiger partial charge in [0.2, 0.25) is 27.7 Å². The second-order valence-electron chi connectivity index (χ2n) is 21.7. The number of hydrogen-bond acceptors (Lipinski definition) is 12. The van der Waals surface area contributed by atoms with Crippen molar-refractivity contribution in [1.29, 1.82) is 0 Å². The monoisotopic (exact) mass is 980 g/mol. The first kappa shape index (κ1) is 49.2. The molecule has 2 aromatic carbocycles. The van der Waals surface area contributed by atoms with Gasteiger partial charge < -0.3 is 34.7 Å². The Bertz CT molecular complexity index is 2800. The molecule has 4 N–H and O–H groups in total. The van der Waals surface area contributed by atoms with Gasteiger partial charge in [0, 0.05) is 24.3 Å². The maximum atomic E-state index is 15.0. The zero-order valence-corrected chi connectivity index (χ0v) is 42.1. The molecule has 1 saturated heterocycles. The van der Waals surface area contributed by atoms with Crippen LogP contribution in [0.2, 0.25) is 0 Å². The van der Waals surface area contributed by atoms with Gasteiger partial charge in [-0.2, -0.15) is 0 Å².